The summed E-state index contributed by atoms with van der Waals surface area (Å²) in [4.78, 5) is 29.1. The third-order valence-corrected chi connectivity index (χ3v) is 3.84. The Balaban J connectivity index is 1.96. The van der Waals surface area contributed by atoms with Gasteiger partial charge in [-0.2, -0.15) is 0 Å². The highest BCUT2D eigenvalue weighted by Crippen LogP contribution is 2.13. The Labute approximate surface area is 146 Å². The SMILES string of the molecule is Cc1cccc(C(=O)Nc2nccn(-c3cc(C)cc(C)c3)c2=O)c1. The number of carbonyl (C=O) groups excluding carboxylic acids is 1. The van der Waals surface area contributed by atoms with E-state index in [9.17, 15) is 9.59 Å². The molecule has 1 N–H and O–H groups in total. The van der Waals surface area contributed by atoms with Crippen LogP contribution in [0.25, 0.3) is 5.69 Å². The Bertz CT molecular complexity index is 986. The summed E-state index contributed by atoms with van der Waals surface area (Å²) in [5.41, 5.74) is 3.96. The van der Waals surface area contributed by atoms with E-state index in [1.54, 1.807) is 24.4 Å². The minimum atomic E-state index is -0.367. The summed E-state index contributed by atoms with van der Waals surface area (Å²) in [7, 11) is 0. The number of aromatic nitrogens is 2. The van der Waals surface area contributed by atoms with Crippen LogP contribution >= 0.6 is 0 Å². The Morgan fingerprint density at radius 3 is 2.40 bits per heavy atom. The molecule has 0 saturated carbocycles. The fourth-order valence-corrected chi connectivity index (χ4v) is 2.76. The third-order valence-electron chi connectivity index (χ3n) is 3.84. The monoisotopic (exact) mass is 333 g/mol. The summed E-state index contributed by atoms with van der Waals surface area (Å²) < 4.78 is 1.48. The van der Waals surface area contributed by atoms with Gasteiger partial charge in [0.1, 0.15) is 0 Å². The van der Waals surface area contributed by atoms with Crippen molar-refractivity contribution in [1.82, 2.24) is 9.55 Å². The van der Waals surface area contributed by atoms with Crippen LogP contribution in [0.1, 0.15) is 27.0 Å². The molecule has 0 atom stereocenters. The zero-order valence-electron chi connectivity index (χ0n) is 14.4. The van der Waals surface area contributed by atoms with Gasteiger partial charge in [-0.15, -0.1) is 0 Å². The van der Waals surface area contributed by atoms with E-state index in [-0.39, 0.29) is 17.3 Å². The summed E-state index contributed by atoms with van der Waals surface area (Å²) in [6.45, 7) is 5.86. The zero-order valence-corrected chi connectivity index (χ0v) is 14.4. The number of anilines is 1. The molecule has 0 bridgehead atoms. The number of benzene rings is 2. The van der Waals surface area contributed by atoms with E-state index in [0.29, 0.717) is 5.56 Å². The second-order valence-corrected chi connectivity index (χ2v) is 6.12. The van der Waals surface area contributed by atoms with Crippen molar-refractivity contribution in [2.45, 2.75) is 20.8 Å². The summed E-state index contributed by atoms with van der Waals surface area (Å²) in [6, 6.07) is 13.0. The molecule has 126 valence electrons. The number of nitrogens with one attached hydrogen (secondary N) is 1. The van der Waals surface area contributed by atoms with E-state index >= 15 is 0 Å². The molecule has 1 amide bonds. The number of carbonyl (C=O) groups is 1. The van der Waals surface area contributed by atoms with Crippen molar-refractivity contribution in [2.75, 3.05) is 5.32 Å². The number of hydrogen-bond acceptors (Lipinski definition) is 3. The average molecular weight is 333 g/mol. The van der Waals surface area contributed by atoms with Crippen LogP contribution in [0.4, 0.5) is 5.82 Å². The molecular formula is C20H19N3O2. The maximum Gasteiger partial charge on any atom is 0.298 e. The fourth-order valence-electron chi connectivity index (χ4n) is 2.76. The van der Waals surface area contributed by atoms with Gasteiger partial charge >= 0.3 is 0 Å². The highest BCUT2D eigenvalue weighted by Gasteiger charge is 2.12. The van der Waals surface area contributed by atoms with E-state index in [0.717, 1.165) is 22.4 Å². The molecule has 25 heavy (non-hydrogen) atoms. The molecule has 1 heterocycles. The van der Waals surface area contributed by atoms with Crippen molar-refractivity contribution < 1.29 is 4.79 Å². The second-order valence-electron chi connectivity index (χ2n) is 6.12. The lowest BCUT2D eigenvalue weighted by atomic mass is 10.1. The molecule has 0 aliphatic carbocycles. The van der Waals surface area contributed by atoms with E-state index in [1.807, 2.05) is 45.0 Å². The van der Waals surface area contributed by atoms with Gasteiger partial charge in [0.2, 0.25) is 0 Å². The number of amides is 1. The van der Waals surface area contributed by atoms with Crippen LogP contribution in [0.2, 0.25) is 0 Å². The van der Waals surface area contributed by atoms with E-state index in [4.69, 9.17) is 0 Å². The van der Waals surface area contributed by atoms with Gasteiger partial charge in [-0.1, -0.05) is 23.8 Å². The fraction of sp³-hybridized carbons (Fsp3) is 0.150. The summed E-state index contributed by atoms with van der Waals surface area (Å²) in [5, 5.41) is 2.61. The quantitative estimate of drug-likeness (QED) is 0.799. The second kappa shape index (κ2) is 6.73. The number of nitrogens with zero attached hydrogens (tertiary/aromatic N) is 2. The van der Waals surface area contributed by atoms with Gasteiger partial charge < -0.3 is 5.32 Å². The molecular weight excluding hydrogens is 314 g/mol. The lowest BCUT2D eigenvalue weighted by Gasteiger charge is -2.10. The predicted octanol–water partition coefficient (Wildman–Crippen LogP) is 3.41. The molecule has 0 saturated heterocycles. The number of hydrogen-bond donors (Lipinski definition) is 1. The first-order valence-electron chi connectivity index (χ1n) is 7.98. The topological polar surface area (TPSA) is 64.0 Å². The third kappa shape index (κ3) is 3.66. The standard InChI is InChI=1S/C20H19N3O2/c1-13-5-4-6-16(10-13)19(24)22-18-20(25)23(8-7-21-18)17-11-14(2)9-15(3)12-17/h4-12H,1-3H3,(H,21,22,24). The van der Waals surface area contributed by atoms with Crippen molar-refractivity contribution >= 4 is 11.7 Å². The normalized spacial score (nSPS) is 10.5. The van der Waals surface area contributed by atoms with E-state index < -0.39 is 0 Å². The average Bonchev–Trinajstić information content (AvgIpc) is 2.55. The van der Waals surface area contributed by atoms with Gasteiger partial charge in [0.05, 0.1) is 0 Å². The molecule has 1 aromatic heterocycles. The van der Waals surface area contributed by atoms with Crippen LogP contribution in [0.15, 0.2) is 59.7 Å². The molecule has 0 aliphatic heterocycles. The highest BCUT2D eigenvalue weighted by molar-refractivity contribution is 6.03. The van der Waals surface area contributed by atoms with Crippen molar-refractivity contribution in [2.24, 2.45) is 0 Å². The van der Waals surface area contributed by atoms with Crippen LogP contribution < -0.4 is 10.9 Å². The van der Waals surface area contributed by atoms with Crippen molar-refractivity contribution in [3.63, 3.8) is 0 Å². The Morgan fingerprint density at radius 1 is 1.00 bits per heavy atom. The van der Waals surface area contributed by atoms with Crippen molar-refractivity contribution in [3.05, 3.63) is 87.5 Å². The van der Waals surface area contributed by atoms with E-state index in [2.05, 4.69) is 10.3 Å². The maximum absolute atomic E-state index is 12.7. The summed E-state index contributed by atoms with van der Waals surface area (Å²) >= 11 is 0. The van der Waals surface area contributed by atoms with Crippen LogP contribution in [-0.2, 0) is 0 Å². The van der Waals surface area contributed by atoms with Gasteiger partial charge in [-0.25, -0.2) is 4.98 Å². The zero-order chi connectivity index (χ0) is 18.0. The van der Waals surface area contributed by atoms with Gasteiger partial charge in [-0.3, -0.25) is 14.2 Å². The lowest BCUT2D eigenvalue weighted by Crippen LogP contribution is -2.26. The summed E-state index contributed by atoms with van der Waals surface area (Å²) in [5.74, 6) is -0.348. The van der Waals surface area contributed by atoms with Gasteiger partial charge in [0.25, 0.3) is 11.5 Å². The molecule has 0 spiro atoms. The minimum Gasteiger partial charge on any atom is -0.302 e. The van der Waals surface area contributed by atoms with Gasteiger partial charge in [-0.05, 0) is 56.2 Å². The smallest absolute Gasteiger partial charge is 0.298 e. The number of rotatable bonds is 3. The van der Waals surface area contributed by atoms with Gasteiger partial charge in [0, 0.05) is 23.6 Å². The Morgan fingerprint density at radius 2 is 1.72 bits per heavy atom. The minimum absolute atomic E-state index is 0.00756. The molecule has 5 heteroatoms. The molecule has 3 rings (SSSR count). The Kier molecular flexibility index (Phi) is 4.48. The van der Waals surface area contributed by atoms with Crippen LogP contribution in [-0.4, -0.2) is 15.5 Å². The lowest BCUT2D eigenvalue weighted by molar-refractivity contribution is 0.102. The first-order chi connectivity index (χ1) is 11.9. The highest BCUT2D eigenvalue weighted by atomic mass is 16.2. The number of aryl methyl sites for hydroxylation is 3. The predicted molar refractivity (Wildman–Crippen MR) is 98.4 cm³/mol. The molecule has 2 aromatic carbocycles. The van der Waals surface area contributed by atoms with Crippen LogP contribution in [0.3, 0.4) is 0 Å². The maximum atomic E-state index is 12.7. The van der Waals surface area contributed by atoms with E-state index in [1.165, 1.54) is 10.8 Å². The molecule has 0 unspecified atom stereocenters. The molecule has 0 radical (unpaired) electrons. The van der Waals surface area contributed by atoms with Crippen LogP contribution in [0, 0.1) is 20.8 Å². The first-order valence-corrected chi connectivity index (χ1v) is 7.98. The molecule has 0 aliphatic rings. The molecule has 3 aromatic rings. The molecule has 0 fully saturated rings. The first kappa shape index (κ1) is 16.6. The van der Waals surface area contributed by atoms with Crippen molar-refractivity contribution in [3.8, 4) is 5.69 Å². The largest absolute Gasteiger partial charge is 0.302 e. The Hall–Kier alpha value is -3.21. The van der Waals surface area contributed by atoms with Crippen LogP contribution in [0.5, 0.6) is 0 Å². The van der Waals surface area contributed by atoms with Gasteiger partial charge in [0.15, 0.2) is 5.82 Å². The summed E-state index contributed by atoms with van der Waals surface area (Å²) in [6.07, 6.45) is 3.10. The van der Waals surface area contributed by atoms with Crippen molar-refractivity contribution in [1.29, 1.82) is 0 Å². The molecule has 5 nitrogen and oxygen atoms in total.